The van der Waals surface area contributed by atoms with Crippen LogP contribution in [0.15, 0.2) is 24.3 Å². The van der Waals surface area contributed by atoms with Gasteiger partial charge in [-0.2, -0.15) is 0 Å². The highest BCUT2D eigenvalue weighted by Gasteiger charge is 2.39. The molecule has 0 bridgehead atoms. The van der Waals surface area contributed by atoms with E-state index in [0.29, 0.717) is 24.8 Å². The molecule has 0 spiro atoms. The van der Waals surface area contributed by atoms with Crippen molar-refractivity contribution < 1.29 is 19.4 Å². The topological polar surface area (TPSA) is 60.8 Å². The quantitative estimate of drug-likeness (QED) is 0.899. The van der Waals surface area contributed by atoms with E-state index in [4.69, 9.17) is 0 Å². The van der Waals surface area contributed by atoms with Crippen LogP contribution in [0, 0.1) is 5.82 Å². The number of benzene rings is 1. The SMILES string of the molecule is O=C(CC1(O)CCCCC1)N1C[C@H](O)C[C@H]1c1cccc(F)c1. The molecule has 2 fully saturated rings. The van der Waals surface area contributed by atoms with Crippen LogP contribution < -0.4 is 0 Å². The summed E-state index contributed by atoms with van der Waals surface area (Å²) in [6, 6.07) is 5.86. The van der Waals surface area contributed by atoms with Crippen molar-refractivity contribution in [2.24, 2.45) is 0 Å². The Morgan fingerprint density at radius 1 is 1.30 bits per heavy atom. The van der Waals surface area contributed by atoms with Gasteiger partial charge in [0.1, 0.15) is 5.82 Å². The highest BCUT2D eigenvalue weighted by molar-refractivity contribution is 5.78. The van der Waals surface area contributed by atoms with Crippen LogP contribution in [-0.2, 0) is 4.79 Å². The number of amides is 1. The molecular weight excluding hydrogens is 297 g/mol. The van der Waals surface area contributed by atoms with E-state index in [1.165, 1.54) is 12.1 Å². The van der Waals surface area contributed by atoms with Crippen molar-refractivity contribution in [1.82, 2.24) is 4.90 Å². The number of halogens is 1. The van der Waals surface area contributed by atoms with E-state index in [0.717, 1.165) is 19.3 Å². The summed E-state index contributed by atoms with van der Waals surface area (Å²) >= 11 is 0. The van der Waals surface area contributed by atoms with Crippen LogP contribution in [0.3, 0.4) is 0 Å². The first kappa shape index (κ1) is 16.4. The Kier molecular flexibility index (Phi) is 4.69. The van der Waals surface area contributed by atoms with Gasteiger partial charge in [-0.1, -0.05) is 31.4 Å². The lowest BCUT2D eigenvalue weighted by atomic mass is 9.82. The van der Waals surface area contributed by atoms with Gasteiger partial charge in [-0.15, -0.1) is 0 Å². The fourth-order valence-corrected chi connectivity index (χ4v) is 3.89. The fourth-order valence-electron chi connectivity index (χ4n) is 3.89. The number of rotatable bonds is 3. The molecule has 3 rings (SSSR count). The standard InChI is InChI=1S/C18H24FNO3/c19-14-6-4-5-13(9-14)16-10-15(21)12-20(16)17(22)11-18(23)7-2-1-3-8-18/h4-6,9,15-16,21,23H,1-3,7-8,10-12H2/t15-,16+/m1/s1. The molecule has 0 aromatic heterocycles. The lowest BCUT2D eigenvalue weighted by molar-refractivity contribution is -0.139. The minimum Gasteiger partial charge on any atom is -0.391 e. The summed E-state index contributed by atoms with van der Waals surface area (Å²) in [5.41, 5.74) is -0.222. The largest absolute Gasteiger partial charge is 0.391 e. The molecular formula is C18H24FNO3. The number of aliphatic hydroxyl groups excluding tert-OH is 1. The second-order valence-electron chi connectivity index (χ2n) is 6.97. The molecule has 0 unspecified atom stereocenters. The maximum absolute atomic E-state index is 13.5. The molecule has 1 amide bonds. The van der Waals surface area contributed by atoms with Gasteiger partial charge in [0.05, 0.1) is 24.2 Å². The Labute approximate surface area is 135 Å². The predicted molar refractivity (Wildman–Crippen MR) is 84.1 cm³/mol. The number of carbonyl (C=O) groups excluding carboxylic acids is 1. The first-order valence-electron chi connectivity index (χ1n) is 8.42. The molecule has 1 heterocycles. The molecule has 2 N–H and O–H groups in total. The van der Waals surface area contributed by atoms with Gasteiger partial charge < -0.3 is 15.1 Å². The van der Waals surface area contributed by atoms with E-state index in [-0.39, 0.29) is 30.7 Å². The fraction of sp³-hybridized carbons (Fsp3) is 0.611. The van der Waals surface area contributed by atoms with E-state index in [1.54, 1.807) is 17.0 Å². The minimum atomic E-state index is -0.921. The number of β-amino-alcohol motifs (C(OH)–C–C–N with tert-alkyl or cyclic N) is 1. The van der Waals surface area contributed by atoms with Crippen molar-refractivity contribution in [3.63, 3.8) is 0 Å². The predicted octanol–water partition coefficient (Wildman–Crippen LogP) is 2.55. The van der Waals surface area contributed by atoms with Crippen LogP contribution in [0.2, 0.25) is 0 Å². The van der Waals surface area contributed by atoms with Crippen molar-refractivity contribution in [2.45, 2.75) is 62.7 Å². The van der Waals surface area contributed by atoms with Gasteiger partial charge in [0, 0.05) is 6.54 Å². The van der Waals surface area contributed by atoms with Crippen LogP contribution in [0.25, 0.3) is 0 Å². The molecule has 1 aliphatic carbocycles. The Morgan fingerprint density at radius 3 is 2.74 bits per heavy atom. The van der Waals surface area contributed by atoms with Crippen LogP contribution >= 0.6 is 0 Å². The molecule has 1 aliphatic heterocycles. The minimum absolute atomic E-state index is 0.0888. The number of hydrogen-bond acceptors (Lipinski definition) is 3. The molecule has 1 saturated carbocycles. The summed E-state index contributed by atoms with van der Waals surface area (Å²) in [4.78, 5) is 14.3. The van der Waals surface area contributed by atoms with Crippen LogP contribution in [0.1, 0.15) is 56.6 Å². The second kappa shape index (κ2) is 6.57. The highest BCUT2D eigenvalue weighted by atomic mass is 19.1. The summed E-state index contributed by atoms with van der Waals surface area (Å²) in [7, 11) is 0. The summed E-state index contributed by atoms with van der Waals surface area (Å²) in [6.07, 6.45) is 4.19. The second-order valence-corrected chi connectivity index (χ2v) is 6.97. The van der Waals surface area contributed by atoms with Gasteiger partial charge in [0.15, 0.2) is 0 Å². The van der Waals surface area contributed by atoms with Crippen molar-refractivity contribution >= 4 is 5.91 Å². The lowest BCUT2D eigenvalue weighted by Crippen LogP contribution is -2.40. The van der Waals surface area contributed by atoms with E-state index >= 15 is 0 Å². The van der Waals surface area contributed by atoms with Crippen LogP contribution in [-0.4, -0.2) is 39.3 Å². The van der Waals surface area contributed by atoms with E-state index < -0.39 is 11.7 Å². The molecule has 1 saturated heterocycles. The normalized spacial score (nSPS) is 27.2. The zero-order valence-corrected chi connectivity index (χ0v) is 13.2. The third-order valence-electron chi connectivity index (χ3n) is 5.10. The van der Waals surface area contributed by atoms with E-state index in [9.17, 15) is 19.4 Å². The Balaban J connectivity index is 1.75. The molecule has 2 atom stereocenters. The van der Waals surface area contributed by atoms with Gasteiger partial charge in [0.25, 0.3) is 0 Å². The number of carbonyl (C=O) groups is 1. The van der Waals surface area contributed by atoms with E-state index in [1.807, 2.05) is 0 Å². The first-order chi connectivity index (χ1) is 11.0. The summed E-state index contributed by atoms with van der Waals surface area (Å²) in [6.45, 7) is 0.246. The van der Waals surface area contributed by atoms with Gasteiger partial charge in [0.2, 0.25) is 5.91 Å². The molecule has 5 heteroatoms. The van der Waals surface area contributed by atoms with Crippen molar-refractivity contribution in [3.05, 3.63) is 35.6 Å². The molecule has 23 heavy (non-hydrogen) atoms. The molecule has 126 valence electrons. The summed E-state index contributed by atoms with van der Waals surface area (Å²) in [5, 5.41) is 20.6. The van der Waals surface area contributed by atoms with Gasteiger partial charge >= 0.3 is 0 Å². The zero-order valence-electron chi connectivity index (χ0n) is 13.2. The molecule has 0 radical (unpaired) electrons. The molecule has 4 nitrogen and oxygen atoms in total. The number of aliphatic hydroxyl groups is 2. The molecule has 2 aliphatic rings. The Hall–Kier alpha value is -1.46. The zero-order chi connectivity index (χ0) is 16.4. The highest BCUT2D eigenvalue weighted by Crippen LogP contribution is 2.36. The van der Waals surface area contributed by atoms with E-state index in [2.05, 4.69) is 0 Å². The monoisotopic (exact) mass is 321 g/mol. The average Bonchev–Trinajstić information content (AvgIpc) is 2.90. The Morgan fingerprint density at radius 2 is 2.04 bits per heavy atom. The number of likely N-dealkylation sites (tertiary alicyclic amines) is 1. The smallest absolute Gasteiger partial charge is 0.226 e. The molecule has 1 aromatic rings. The number of nitrogens with zero attached hydrogens (tertiary/aromatic N) is 1. The summed E-state index contributed by atoms with van der Waals surface area (Å²) < 4.78 is 13.5. The molecule has 1 aromatic carbocycles. The third kappa shape index (κ3) is 3.72. The van der Waals surface area contributed by atoms with Gasteiger partial charge in [-0.3, -0.25) is 4.79 Å². The van der Waals surface area contributed by atoms with Crippen molar-refractivity contribution in [3.8, 4) is 0 Å². The first-order valence-corrected chi connectivity index (χ1v) is 8.42. The number of hydrogen-bond donors (Lipinski definition) is 2. The maximum atomic E-state index is 13.5. The third-order valence-corrected chi connectivity index (χ3v) is 5.10. The average molecular weight is 321 g/mol. The van der Waals surface area contributed by atoms with Crippen molar-refractivity contribution in [1.29, 1.82) is 0 Å². The maximum Gasteiger partial charge on any atom is 0.226 e. The van der Waals surface area contributed by atoms with Gasteiger partial charge in [-0.05, 0) is 37.0 Å². The Bertz CT molecular complexity index is 571. The van der Waals surface area contributed by atoms with Crippen LogP contribution in [0.4, 0.5) is 4.39 Å². The summed E-state index contributed by atoms with van der Waals surface area (Å²) in [5.74, 6) is -0.498. The van der Waals surface area contributed by atoms with Crippen LogP contribution in [0.5, 0.6) is 0 Å². The lowest BCUT2D eigenvalue weighted by Gasteiger charge is -2.34. The van der Waals surface area contributed by atoms with Crippen molar-refractivity contribution in [2.75, 3.05) is 6.54 Å². The van der Waals surface area contributed by atoms with Gasteiger partial charge in [-0.25, -0.2) is 4.39 Å².